The third kappa shape index (κ3) is 3.93. The van der Waals surface area contributed by atoms with Gasteiger partial charge in [0.2, 0.25) is 0 Å². The number of aromatic carboxylic acids is 1. The average molecular weight is 422 g/mol. The first-order valence-electron chi connectivity index (χ1n) is 10.00. The normalized spacial score (nSPS) is 18.4. The Hall–Kier alpha value is -3.19. The van der Waals surface area contributed by atoms with Crippen molar-refractivity contribution in [2.75, 3.05) is 6.54 Å². The van der Waals surface area contributed by atoms with E-state index in [1.165, 1.54) is 0 Å². The Bertz CT molecular complexity index is 1030. The second kappa shape index (κ2) is 8.67. The van der Waals surface area contributed by atoms with Gasteiger partial charge in [-0.05, 0) is 55.0 Å². The summed E-state index contributed by atoms with van der Waals surface area (Å²) in [5.41, 5.74) is 1.98. The van der Waals surface area contributed by atoms with Crippen molar-refractivity contribution >= 4 is 23.3 Å². The number of pyridine rings is 1. The smallest absolute Gasteiger partial charge is 0.335 e. The number of carboxylic acid groups (broad SMARTS) is 1. The highest BCUT2D eigenvalue weighted by atomic mass is 32.1. The number of furan rings is 1. The molecule has 3 heterocycles. The van der Waals surface area contributed by atoms with Gasteiger partial charge >= 0.3 is 5.97 Å². The number of carboxylic acids is 1. The maximum Gasteiger partial charge on any atom is 0.335 e. The lowest BCUT2D eigenvalue weighted by atomic mass is 10.0. The molecule has 0 bridgehead atoms. The highest BCUT2D eigenvalue weighted by molar-refractivity contribution is 7.80. The summed E-state index contributed by atoms with van der Waals surface area (Å²) in [5, 5.41) is 13.2. The molecule has 0 spiro atoms. The minimum Gasteiger partial charge on any atom is -0.478 e. The zero-order chi connectivity index (χ0) is 21.1. The topological polar surface area (TPSA) is 78.6 Å². The van der Waals surface area contributed by atoms with E-state index in [0.29, 0.717) is 10.9 Å². The molecule has 0 aliphatic carbocycles. The highest BCUT2D eigenvalue weighted by Gasteiger charge is 2.41. The maximum absolute atomic E-state index is 11.1. The molecule has 3 aromatic rings. The minimum absolute atomic E-state index is 0.106. The molecule has 1 aromatic carbocycles. The maximum atomic E-state index is 11.1. The van der Waals surface area contributed by atoms with Crippen LogP contribution < -0.4 is 5.32 Å². The number of hydrogen-bond acceptors (Lipinski definition) is 4. The van der Waals surface area contributed by atoms with Crippen LogP contribution >= 0.6 is 12.2 Å². The molecule has 1 aliphatic heterocycles. The molecule has 0 saturated carbocycles. The summed E-state index contributed by atoms with van der Waals surface area (Å²) < 4.78 is 6.25. The van der Waals surface area contributed by atoms with Crippen LogP contribution in [0.1, 0.15) is 53.7 Å². The molecule has 0 radical (unpaired) electrons. The van der Waals surface area contributed by atoms with Gasteiger partial charge in [-0.2, -0.15) is 0 Å². The molecule has 2 atom stereocenters. The van der Waals surface area contributed by atoms with E-state index in [-0.39, 0.29) is 17.6 Å². The monoisotopic (exact) mass is 421 g/mol. The molecule has 0 amide bonds. The van der Waals surface area contributed by atoms with E-state index in [1.807, 2.05) is 30.3 Å². The van der Waals surface area contributed by atoms with Crippen molar-refractivity contribution < 1.29 is 14.3 Å². The van der Waals surface area contributed by atoms with Crippen molar-refractivity contribution in [3.8, 4) is 11.3 Å². The summed E-state index contributed by atoms with van der Waals surface area (Å²) in [4.78, 5) is 17.8. The van der Waals surface area contributed by atoms with Crippen LogP contribution in [0.2, 0.25) is 0 Å². The third-order valence-electron chi connectivity index (χ3n) is 5.28. The minimum atomic E-state index is -0.947. The Labute approximate surface area is 180 Å². The van der Waals surface area contributed by atoms with Gasteiger partial charge in [-0.15, -0.1) is 0 Å². The van der Waals surface area contributed by atoms with Gasteiger partial charge in [-0.25, -0.2) is 4.79 Å². The first-order valence-corrected chi connectivity index (χ1v) is 10.4. The first kappa shape index (κ1) is 20.1. The molecule has 2 N–H and O–H groups in total. The fourth-order valence-electron chi connectivity index (χ4n) is 3.73. The number of thiocarbonyl (C=S) groups is 1. The van der Waals surface area contributed by atoms with Crippen LogP contribution in [0.3, 0.4) is 0 Å². The van der Waals surface area contributed by atoms with Crippen LogP contribution in [0, 0.1) is 0 Å². The van der Waals surface area contributed by atoms with Crippen molar-refractivity contribution in [1.82, 2.24) is 15.2 Å². The molecule has 1 aliphatic rings. The molecular weight excluding hydrogens is 398 g/mol. The molecule has 2 aromatic heterocycles. The Balaban J connectivity index is 1.67. The number of hydrogen-bond donors (Lipinski definition) is 2. The highest BCUT2D eigenvalue weighted by Crippen LogP contribution is 2.40. The summed E-state index contributed by atoms with van der Waals surface area (Å²) in [6.07, 6.45) is 3.88. The van der Waals surface area contributed by atoms with E-state index in [4.69, 9.17) is 21.7 Å². The van der Waals surface area contributed by atoms with E-state index in [1.54, 1.807) is 30.5 Å². The fourth-order valence-corrected chi connectivity index (χ4v) is 4.06. The van der Waals surface area contributed by atoms with Gasteiger partial charge in [0, 0.05) is 18.3 Å². The average Bonchev–Trinajstić information content (AvgIpc) is 3.37. The zero-order valence-corrected chi connectivity index (χ0v) is 17.4. The lowest BCUT2D eigenvalue weighted by molar-refractivity contribution is 0.0697. The van der Waals surface area contributed by atoms with Crippen molar-refractivity contribution in [3.05, 3.63) is 77.8 Å². The predicted molar refractivity (Wildman–Crippen MR) is 118 cm³/mol. The summed E-state index contributed by atoms with van der Waals surface area (Å²) in [7, 11) is 0. The van der Waals surface area contributed by atoms with E-state index >= 15 is 0 Å². The Kier molecular flexibility index (Phi) is 5.81. The molecule has 6 nitrogen and oxygen atoms in total. The Morgan fingerprint density at radius 3 is 2.67 bits per heavy atom. The lowest BCUT2D eigenvalue weighted by Gasteiger charge is -2.25. The number of nitrogens with one attached hydrogen (secondary N) is 1. The van der Waals surface area contributed by atoms with E-state index in [2.05, 4.69) is 22.1 Å². The van der Waals surface area contributed by atoms with Crippen LogP contribution in [0.5, 0.6) is 0 Å². The van der Waals surface area contributed by atoms with Crippen molar-refractivity contribution in [3.63, 3.8) is 0 Å². The van der Waals surface area contributed by atoms with Gasteiger partial charge in [0.1, 0.15) is 17.6 Å². The molecule has 4 rings (SSSR count). The standard InChI is InChI=1S/C23H23N3O3S/c1-2-3-14-26-21(20(25-23(26)30)17-6-4-5-13-24-17)19-12-11-18(29-19)15-7-9-16(10-8-15)22(27)28/h4-13,20-21H,2-3,14H2,1H3,(H,25,30)(H,27,28)/t20-,21+/m0/s1. The molecular formula is C23H23N3O3S. The second-order valence-corrected chi connectivity index (χ2v) is 7.64. The largest absolute Gasteiger partial charge is 0.478 e. The lowest BCUT2D eigenvalue weighted by Crippen LogP contribution is -2.30. The second-order valence-electron chi connectivity index (χ2n) is 7.26. The Morgan fingerprint density at radius 2 is 2.00 bits per heavy atom. The molecule has 30 heavy (non-hydrogen) atoms. The van der Waals surface area contributed by atoms with E-state index in [9.17, 15) is 4.79 Å². The SMILES string of the molecule is CCCCN1C(=S)N[C@@H](c2ccccn2)[C@H]1c1ccc(-c2ccc(C(=O)O)cc2)o1. The van der Waals surface area contributed by atoms with Gasteiger partial charge in [-0.1, -0.05) is 31.5 Å². The fraction of sp³-hybridized carbons (Fsp3) is 0.261. The van der Waals surface area contributed by atoms with Crippen molar-refractivity contribution in [2.24, 2.45) is 0 Å². The van der Waals surface area contributed by atoms with Crippen LogP contribution in [0.15, 0.2) is 65.2 Å². The molecule has 154 valence electrons. The van der Waals surface area contributed by atoms with Crippen molar-refractivity contribution in [2.45, 2.75) is 31.8 Å². The molecule has 1 fully saturated rings. The number of unbranched alkanes of at least 4 members (excludes halogenated alkanes) is 1. The number of carbonyl (C=O) groups is 1. The van der Waals surface area contributed by atoms with E-state index < -0.39 is 5.97 Å². The van der Waals surface area contributed by atoms with Gasteiger partial charge in [0.15, 0.2) is 5.11 Å². The molecule has 1 saturated heterocycles. The van der Waals surface area contributed by atoms with Gasteiger partial charge in [0.05, 0.1) is 17.3 Å². The van der Waals surface area contributed by atoms with Crippen LogP contribution in [0.25, 0.3) is 11.3 Å². The number of rotatable bonds is 7. The van der Waals surface area contributed by atoms with Crippen molar-refractivity contribution in [1.29, 1.82) is 0 Å². The predicted octanol–water partition coefficient (Wildman–Crippen LogP) is 4.81. The molecule has 0 unspecified atom stereocenters. The van der Waals surface area contributed by atoms with Crippen LogP contribution in [0.4, 0.5) is 0 Å². The summed E-state index contributed by atoms with van der Waals surface area (Å²) in [5.74, 6) is 0.540. The third-order valence-corrected chi connectivity index (χ3v) is 5.64. The molecule has 7 heteroatoms. The van der Waals surface area contributed by atoms with Crippen LogP contribution in [-0.4, -0.2) is 32.6 Å². The summed E-state index contributed by atoms with van der Waals surface area (Å²) in [6.45, 7) is 2.99. The number of nitrogens with zero attached hydrogens (tertiary/aromatic N) is 2. The summed E-state index contributed by atoms with van der Waals surface area (Å²) >= 11 is 5.64. The van der Waals surface area contributed by atoms with Gasteiger partial charge in [-0.3, -0.25) is 4.98 Å². The van der Waals surface area contributed by atoms with Crippen LogP contribution in [-0.2, 0) is 0 Å². The number of benzene rings is 1. The van der Waals surface area contributed by atoms with Gasteiger partial charge in [0.25, 0.3) is 0 Å². The van der Waals surface area contributed by atoms with Gasteiger partial charge < -0.3 is 19.7 Å². The Morgan fingerprint density at radius 1 is 1.20 bits per heavy atom. The first-order chi connectivity index (χ1) is 14.6. The zero-order valence-electron chi connectivity index (χ0n) is 16.6. The van der Waals surface area contributed by atoms with E-state index in [0.717, 1.165) is 36.4 Å². The quantitative estimate of drug-likeness (QED) is 0.530. The number of aromatic nitrogens is 1. The summed E-state index contributed by atoms with van der Waals surface area (Å²) in [6, 6.07) is 16.2.